The Morgan fingerprint density at radius 1 is 1.03 bits per heavy atom. The number of aryl methyl sites for hydroxylation is 2. The molecule has 1 aliphatic rings. The maximum atomic E-state index is 11.7. The van der Waals surface area contributed by atoms with Gasteiger partial charge in [-0.2, -0.15) is 0 Å². The van der Waals surface area contributed by atoms with Crippen molar-refractivity contribution in [1.29, 1.82) is 0 Å². The number of halogens is 1. The summed E-state index contributed by atoms with van der Waals surface area (Å²) < 4.78 is 0. The highest BCUT2D eigenvalue weighted by Gasteiger charge is 2.28. The molecule has 1 aliphatic carbocycles. The van der Waals surface area contributed by atoms with E-state index >= 15 is 0 Å². The number of unbranched alkanes of at least 4 members (excludes halogenated alkanes) is 2. The maximum absolute atomic E-state index is 11.7. The van der Waals surface area contributed by atoms with Gasteiger partial charge in [0, 0.05) is 17.0 Å². The van der Waals surface area contributed by atoms with E-state index in [-0.39, 0.29) is 0 Å². The minimum atomic E-state index is -0.529. The zero-order valence-electron chi connectivity index (χ0n) is 21.7. The molecular formula is C31H39ClN2O. The second kappa shape index (κ2) is 11.7. The Bertz CT molecular complexity index is 1190. The van der Waals surface area contributed by atoms with Crippen molar-refractivity contribution in [3.8, 4) is 0 Å². The lowest BCUT2D eigenvalue weighted by Crippen LogP contribution is -2.31. The number of nitrogens with zero attached hydrogens (tertiary/aromatic N) is 2. The van der Waals surface area contributed by atoms with Crippen LogP contribution in [0.5, 0.6) is 0 Å². The number of aliphatic hydroxyl groups is 1. The minimum absolute atomic E-state index is 0.529. The molecule has 4 rings (SSSR count). The van der Waals surface area contributed by atoms with E-state index in [1.165, 1.54) is 35.1 Å². The standard InChI is InChI=1S/C31H39ClN2O/c1-5-7-15-34(16-8-6-2)20-28(35)29-26-14-11-24(19-23-9-12-25(32)13-10-23)31(26)33-30-22(4)17-21(3)18-27(29)30/h9-10,12-13,17-19,28,35H,5-8,11,14-16,20H2,1-4H3/b24-19+. The van der Waals surface area contributed by atoms with Gasteiger partial charge in [-0.1, -0.05) is 62.1 Å². The first-order chi connectivity index (χ1) is 16.9. The number of hydrogen-bond donors (Lipinski definition) is 1. The molecular weight excluding hydrogens is 452 g/mol. The summed E-state index contributed by atoms with van der Waals surface area (Å²) in [6, 6.07) is 12.4. The lowest BCUT2D eigenvalue weighted by molar-refractivity contribution is 0.111. The number of aromatic nitrogens is 1. The summed E-state index contributed by atoms with van der Waals surface area (Å²) in [5.41, 5.74) is 9.15. The van der Waals surface area contributed by atoms with Crippen molar-refractivity contribution in [3.63, 3.8) is 0 Å². The summed E-state index contributed by atoms with van der Waals surface area (Å²) in [5.74, 6) is 0. The fraction of sp³-hybridized carbons (Fsp3) is 0.452. The van der Waals surface area contributed by atoms with Crippen molar-refractivity contribution in [3.05, 3.63) is 74.9 Å². The molecule has 1 atom stereocenters. The highest BCUT2D eigenvalue weighted by molar-refractivity contribution is 6.30. The summed E-state index contributed by atoms with van der Waals surface area (Å²) >= 11 is 6.10. The van der Waals surface area contributed by atoms with Gasteiger partial charge in [-0.3, -0.25) is 0 Å². The third kappa shape index (κ3) is 5.97. The largest absolute Gasteiger partial charge is 0.387 e. The van der Waals surface area contributed by atoms with Gasteiger partial charge in [0.2, 0.25) is 0 Å². The quantitative estimate of drug-likeness (QED) is 0.313. The number of hydrogen-bond acceptors (Lipinski definition) is 3. The van der Waals surface area contributed by atoms with Gasteiger partial charge in [0.1, 0.15) is 0 Å². The molecule has 1 aromatic heterocycles. The zero-order valence-corrected chi connectivity index (χ0v) is 22.5. The zero-order chi connectivity index (χ0) is 24.9. The van der Waals surface area contributed by atoms with E-state index in [9.17, 15) is 5.11 Å². The second-order valence-electron chi connectivity index (χ2n) is 10.1. The van der Waals surface area contributed by atoms with Crippen molar-refractivity contribution in [2.24, 2.45) is 0 Å². The van der Waals surface area contributed by atoms with Gasteiger partial charge in [-0.25, -0.2) is 4.98 Å². The predicted molar refractivity (Wildman–Crippen MR) is 150 cm³/mol. The molecule has 0 radical (unpaired) electrons. The van der Waals surface area contributed by atoms with Crippen molar-refractivity contribution >= 4 is 34.2 Å². The molecule has 1 N–H and O–H groups in total. The smallest absolute Gasteiger partial charge is 0.0926 e. The molecule has 0 amide bonds. The monoisotopic (exact) mass is 490 g/mol. The first-order valence-corrected chi connectivity index (χ1v) is 13.6. The van der Waals surface area contributed by atoms with Gasteiger partial charge in [0.15, 0.2) is 0 Å². The highest BCUT2D eigenvalue weighted by atomic mass is 35.5. The third-order valence-electron chi connectivity index (χ3n) is 7.15. The van der Waals surface area contributed by atoms with Crippen LogP contribution < -0.4 is 0 Å². The summed E-state index contributed by atoms with van der Waals surface area (Å²) in [6.45, 7) is 11.5. The maximum Gasteiger partial charge on any atom is 0.0926 e. The van der Waals surface area contributed by atoms with Crippen molar-refractivity contribution < 1.29 is 5.11 Å². The lowest BCUT2D eigenvalue weighted by Gasteiger charge is -2.27. The number of fused-ring (bicyclic) bond motifs is 2. The minimum Gasteiger partial charge on any atom is -0.387 e. The van der Waals surface area contributed by atoms with Gasteiger partial charge in [0.25, 0.3) is 0 Å². The number of aliphatic hydroxyl groups excluding tert-OH is 1. The van der Waals surface area contributed by atoms with Gasteiger partial charge < -0.3 is 10.0 Å². The predicted octanol–water partition coefficient (Wildman–Crippen LogP) is 7.93. The molecule has 0 bridgehead atoms. The first kappa shape index (κ1) is 25.9. The van der Waals surface area contributed by atoms with E-state index in [1.807, 2.05) is 12.1 Å². The van der Waals surface area contributed by atoms with Crippen LogP contribution in [0, 0.1) is 13.8 Å². The molecule has 186 valence electrons. The Labute approximate surface area is 215 Å². The Morgan fingerprint density at radius 3 is 2.37 bits per heavy atom. The van der Waals surface area contributed by atoms with Crippen molar-refractivity contribution in [2.75, 3.05) is 19.6 Å². The van der Waals surface area contributed by atoms with Crippen LogP contribution in [-0.2, 0) is 6.42 Å². The lowest BCUT2D eigenvalue weighted by atomic mass is 9.93. The molecule has 3 nitrogen and oxygen atoms in total. The molecule has 1 heterocycles. The highest BCUT2D eigenvalue weighted by Crippen LogP contribution is 2.41. The molecule has 4 heteroatoms. The summed E-state index contributed by atoms with van der Waals surface area (Å²) in [7, 11) is 0. The first-order valence-electron chi connectivity index (χ1n) is 13.2. The fourth-order valence-electron chi connectivity index (χ4n) is 5.35. The average molecular weight is 491 g/mol. The molecule has 2 aromatic carbocycles. The fourth-order valence-corrected chi connectivity index (χ4v) is 5.48. The van der Waals surface area contributed by atoms with Crippen molar-refractivity contribution in [1.82, 2.24) is 9.88 Å². The number of pyridine rings is 1. The van der Waals surface area contributed by atoms with Crippen LogP contribution in [0.25, 0.3) is 22.6 Å². The van der Waals surface area contributed by atoms with Crippen LogP contribution in [0.4, 0.5) is 0 Å². The van der Waals surface area contributed by atoms with Gasteiger partial charge in [0.05, 0.1) is 17.3 Å². The van der Waals surface area contributed by atoms with E-state index in [0.29, 0.717) is 6.54 Å². The van der Waals surface area contributed by atoms with Gasteiger partial charge in [-0.05, 0) is 105 Å². The molecule has 0 fully saturated rings. The SMILES string of the molecule is CCCCN(CCCC)CC(O)c1c2c(nc3c(C)cc(C)cc13)/C(=C/c1ccc(Cl)cc1)CC2. The molecule has 0 saturated heterocycles. The Morgan fingerprint density at radius 2 is 1.71 bits per heavy atom. The van der Waals surface area contributed by atoms with Crippen LogP contribution >= 0.6 is 11.6 Å². The number of allylic oxidation sites excluding steroid dienone is 1. The van der Waals surface area contributed by atoms with Gasteiger partial charge >= 0.3 is 0 Å². The number of rotatable bonds is 10. The summed E-state index contributed by atoms with van der Waals surface area (Å²) in [5, 5.41) is 13.6. The topological polar surface area (TPSA) is 36.4 Å². The van der Waals surface area contributed by atoms with Crippen LogP contribution in [0.2, 0.25) is 5.02 Å². The Kier molecular flexibility index (Phi) is 8.64. The summed E-state index contributed by atoms with van der Waals surface area (Å²) in [6.07, 6.45) is 8.23. The van der Waals surface area contributed by atoms with Crippen LogP contribution in [0.3, 0.4) is 0 Å². The third-order valence-corrected chi connectivity index (χ3v) is 7.40. The molecule has 35 heavy (non-hydrogen) atoms. The molecule has 0 saturated carbocycles. The van der Waals surface area contributed by atoms with Crippen LogP contribution in [0.1, 0.15) is 85.6 Å². The van der Waals surface area contributed by atoms with E-state index < -0.39 is 6.10 Å². The van der Waals surface area contributed by atoms with E-state index in [1.54, 1.807) is 0 Å². The molecule has 0 aliphatic heterocycles. The van der Waals surface area contributed by atoms with Crippen LogP contribution in [0.15, 0.2) is 36.4 Å². The molecule has 3 aromatic rings. The van der Waals surface area contributed by atoms with Crippen molar-refractivity contribution in [2.45, 2.75) is 72.3 Å². The Hall–Kier alpha value is -2.20. The average Bonchev–Trinajstić information content (AvgIpc) is 3.22. The van der Waals surface area contributed by atoms with Crippen LogP contribution in [-0.4, -0.2) is 34.6 Å². The second-order valence-corrected chi connectivity index (χ2v) is 10.5. The van der Waals surface area contributed by atoms with E-state index in [4.69, 9.17) is 16.6 Å². The van der Waals surface area contributed by atoms with Gasteiger partial charge in [-0.15, -0.1) is 0 Å². The molecule has 0 spiro atoms. The number of benzene rings is 2. The summed E-state index contributed by atoms with van der Waals surface area (Å²) in [4.78, 5) is 7.65. The Balaban J connectivity index is 1.79. The molecule has 1 unspecified atom stereocenters. The van der Waals surface area contributed by atoms with E-state index in [0.717, 1.165) is 71.5 Å². The van der Waals surface area contributed by atoms with E-state index in [2.05, 4.69) is 62.9 Å². The normalized spacial score (nSPS) is 15.3.